The molecule has 1 saturated heterocycles. The van der Waals surface area contributed by atoms with Crippen molar-refractivity contribution >= 4 is 40.7 Å². The highest BCUT2D eigenvalue weighted by atomic mass is 35.5. The van der Waals surface area contributed by atoms with Crippen molar-refractivity contribution < 1.29 is 24.2 Å². The Bertz CT molecular complexity index is 994. The Labute approximate surface area is 191 Å². The van der Waals surface area contributed by atoms with Gasteiger partial charge in [0.25, 0.3) is 5.91 Å². The topological polar surface area (TPSA) is 108 Å². The van der Waals surface area contributed by atoms with Gasteiger partial charge in [-0.1, -0.05) is 17.7 Å². The van der Waals surface area contributed by atoms with Crippen LogP contribution in [0.3, 0.4) is 0 Å². The summed E-state index contributed by atoms with van der Waals surface area (Å²) in [6, 6.07) is 12.0. The molecule has 0 aromatic heterocycles. The SMILES string of the molecule is Cc1c(Cl)cccc1NC(=O)COc1ccc(N2C[C@@H](C(=O)NC[C@H](C)O)CC2=O)cc1. The third-order valence-corrected chi connectivity index (χ3v) is 5.54. The molecule has 0 bridgehead atoms. The molecule has 1 aliphatic heterocycles. The summed E-state index contributed by atoms with van der Waals surface area (Å²) in [7, 11) is 0. The Kier molecular flexibility index (Phi) is 7.71. The standard InChI is InChI=1S/C23H26ClN3O5/c1-14(28)11-25-23(31)16-10-22(30)27(12-16)17-6-8-18(9-7-17)32-13-21(29)26-20-5-3-4-19(24)15(20)2/h3-9,14,16,28H,10-13H2,1-2H3,(H,25,31)(H,26,29)/t14-,16-/m0/s1. The first-order chi connectivity index (χ1) is 15.2. The first-order valence-electron chi connectivity index (χ1n) is 10.3. The molecule has 0 aliphatic carbocycles. The zero-order valence-corrected chi connectivity index (χ0v) is 18.7. The van der Waals surface area contributed by atoms with Gasteiger partial charge in [-0.3, -0.25) is 14.4 Å². The van der Waals surface area contributed by atoms with E-state index in [-0.39, 0.29) is 43.8 Å². The highest BCUT2D eigenvalue weighted by Gasteiger charge is 2.35. The van der Waals surface area contributed by atoms with Gasteiger partial charge in [0.1, 0.15) is 5.75 Å². The highest BCUT2D eigenvalue weighted by Crippen LogP contribution is 2.27. The maximum Gasteiger partial charge on any atom is 0.262 e. The van der Waals surface area contributed by atoms with Gasteiger partial charge >= 0.3 is 0 Å². The normalized spacial score (nSPS) is 16.6. The number of hydrogen-bond donors (Lipinski definition) is 3. The summed E-state index contributed by atoms with van der Waals surface area (Å²) in [5.41, 5.74) is 2.05. The second kappa shape index (κ2) is 10.5. The van der Waals surface area contributed by atoms with E-state index in [9.17, 15) is 19.5 Å². The van der Waals surface area contributed by atoms with Crippen LogP contribution in [0.15, 0.2) is 42.5 Å². The lowest BCUT2D eigenvalue weighted by Crippen LogP contribution is -2.36. The van der Waals surface area contributed by atoms with Gasteiger partial charge < -0.3 is 25.4 Å². The summed E-state index contributed by atoms with van der Waals surface area (Å²) in [6.07, 6.45) is -0.524. The molecule has 2 aromatic carbocycles. The quantitative estimate of drug-likeness (QED) is 0.562. The highest BCUT2D eigenvalue weighted by molar-refractivity contribution is 6.31. The van der Waals surface area contributed by atoms with Crippen LogP contribution in [-0.4, -0.2) is 48.6 Å². The molecule has 2 aromatic rings. The van der Waals surface area contributed by atoms with E-state index < -0.39 is 12.0 Å². The number of carbonyl (C=O) groups is 3. The maximum absolute atomic E-state index is 12.4. The summed E-state index contributed by atoms with van der Waals surface area (Å²) < 4.78 is 5.53. The van der Waals surface area contributed by atoms with Crippen LogP contribution in [0.5, 0.6) is 5.75 Å². The lowest BCUT2D eigenvalue weighted by molar-refractivity contribution is -0.126. The van der Waals surface area contributed by atoms with Crippen LogP contribution in [0.2, 0.25) is 5.02 Å². The van der Waals surface area contributed by atoms with E-state index in [1.165, 1.54) is 0 Å². The zero-order valence-electron chi connectivity index (χ0n) is 17.9. The number of hydrogen-bond acceptors (Lipinski definition) is 5. The van der Waals surface area contributed by atoms with Gasteiger partial charge in [0.05, 0.1) is 12.0 Å². The zero-order chi connectivity index (χ0) is 23.3. The lowest BCUT2D eigenvalue weighted by Gasteiger charge is -2.17. The minimum Gasteiger partial charge on any atom is -0.484 e. The molecule has 0 saturated carbocycles. The number of anilines is 2. The molecule has 1 heterocycles. The number of nitrogens with zero attached hydrogens (tertiary/aromatic N) is 1. The summed E-state index contributed by atoms with van der Waals surface area (Å²) in [6.45, 7) is 3.64. The maximum atomic E-state index is 12.4. The van der Waals surface area contributed by atoms with Gasteiger partial charge in [-0.25, -0.2) is 0 Å². The van der Waals surface area contributed by atoms with E-state index in [0.29, 0.717) is 22.1 Å². The predicted molar refractivity (Wildman–Crippen MR) is 122 cm³/mol. The van der Waals surface area contributed by atoms with Gasteiger partial charge in [0, 0.05) is 35.9 Å². The average molecular weight is 460 g/mol. The van der Waals surface area contributed by atoms with E-state index in [0.717, 1.165) is 5.56 Å². The summed E-state index contributed by atoms with van der Waals surface area (Å²) in [5, 5.41) is 15.3. The first kappa shape index (κ1) is 23.6. The van der Waals surface area contributed by atoms with Crippen molar-refractivity contribution in [2.24, 2.45) is 5.92 Å². The smallest absolute Gasteiger partial charge is 0.262 e. The third-order valence-electron chi connectivity index (χ3n) is 5.13. The molecule has 170 valence electrons. The summed E-state index contributed by atoms with van der Waals surface area (Å²) in [4.78, 5) is 38.3. The molecule has 1 fully saturated rings. The number of ether oxygens (including phenoxy) is 1. The fraction of sp³-hybridized carbons (Fsp3) is 0.348. The van der Waals surface area contributed by atoms with Crippen molar-refractivity contribution in [2.45, 2.75) is 26.4 Å². The van der Waals surface area contributed by atoms with Crippen LogP contribution in [0.4, 0.5) is 11.4 Å². The van der Waals surface area contributed by atoms with E-state index in [2.05, 4.69) is 10.6 Å². The molecule has 0 spiro atoms. The molecule has 3 amide bonds. The van der Waals surface area contributed by atoms with Crippen molar-refractivity contribution in [3.8, 4) is 5.75 Å². The minimum atomic E-state index is -0.642. The van der Waals surface area contributed by atoms with Gasteiger partial charge in [0.15, 0.2) is 6.61 Å². The van der Waals surface area contributed by atoms with Crippen molar-refractivity contribution in [3.05, 3.63) is 53.1 Å². The number of aliphatic hydroxyl groups excluding tert-OH is 1. The third kappa shape index (κ3) is 5.99. The van der Waals surface area contributed by atoms with E-state index in [4.69, 9.17) is 16.3 Å². The molecule has 9 heteroatoms. The molecule has 32 heavy (non-hydrogen) atoms. The Hall–Kier alpha value is -3.10. The van der Waals surface area contributed by atoms with Crippen LogP contribution in [0, 0.1) is 12.8 Å². The fourth-order valence-electron chi connectivity index (χ4n) is 3.33. The Balaban J connectivity index is 1.52. The van der Waals surface area contributed by atoms with Gasteiger partial charge in [-0.2, -0.15) is 0 Å². The number of nitrogens with one attached hydrogen (secondary N) is 2. The molecule has 3 rings (SSSR count). The number of benzene rings is 2. The van der Waals surface area contributed by atoms with E-state index in [1.54, 1.807) is 54.3 Å². The number of rotatable bonds is 8. The first-order valence-corrected chi connectivity index (χ1v) is 10.7. The predicted octanol–water partition coefficient (Wildman–Crippen LogP) is 2.52. The second-order valence-corrected chi connectivity index (χ2v) is 8.15. The van der Waals surface area contributed by atoms with Gasteiger partial charge in [0.2, 0.25) is 11.8 Å². The molecule has 3 N–H and O–H groups in total. The minimum absolute atomic E-state index is 0.118. The fourth-order valence-corrected chi connectivity index (χ4v) is 3.50. The number of halogens is 1. The van der Waals surface area contributed by atoms with Crippen molar-refractivity contribution in [2.75, 3.05) is 29.9 Å². The van der Waals surface area contributed by atoms with Gasteiger partial charge in [-0.15, -0.1) is 0 Å². The van der Waals surface area contributed by atoms with Crippen molar-refractivity contribution in [3.63, 3.8) is 0 Å². The lowest BCUT2D eigenvalue weighted by atomic mass is 10.1. The van der Waals surface area contributed by atoms with E-state index in [1.807, 2.05) is 6.92 Å². The van der Waals surface area contributed by atoms with Crippen LogP contribution in [-0.2, 0) is 14.4 Å². The van der Waals surface area contributed by atoms with Crippen molar-refractivity contribution in [1.82, 2.24) is 5.32 Å². The average Bonchev–Trinajstić information content (AvgIpc) is 3.16. The van der Waals surface area contributed by atoms with Crippen LogP contribution >= 0.6 is 11.6 Å². The van der Waals surface area contributed by atoms with Crippen LogP contribution in [0.1, 0.15) is 18.9 Å². The molecule has 1 aliphatic rings. The van der Waals surface area contributed by atoms with E-state index >= 15 is 0 Å². The number of amides is 3. The van der Waals surface area contributed by atoms with Crippen LogP contribution < -0.4 is 20.3 Å². The van der Waals surface area contributed by atoms with Crippen LogP contribution in [0.25, 0.3) is 0 Å². The molecule has 0 unspecified atom stereocenters. The van der Waals surface area contributed by atoms with Gasteiger partial charge in [-0.05, 0) is 55.8 Å². The molecule has 0 radical (unpaired) electrons. The molecule has 8 nitrogen and oxygen atoms in total. The molecule has 2 atom stereocenters. The molecular weight excluding hydrogens is 434 g/mol. The Morgan fingerprint density at radius 2 is 1.97 bits per heavy atom. The molecular formula is C23H26ClN3O5. The number of aliphatic hydroxyl groups is 1. The Morgan fingerprint density at radius 1 is 1.25 bits per heavy atom. The number of carbonyl (C=O) groups excluding carboxylic acids is 3. The van der Waals surface area contributed by atoms with Crippen molar-refractivity contribution in [1.29, 1.82) is 0 Å². The largest absolute Gasteiger partial charge is 0.484 e. The monoisotopic (exact) mass is 459 g/mol. The second-order valence-electron chi connectivity index (χ2n) is 7.74. The Morgan fingerprint density at radius 3 is 2.66 bits per heavy atom. The summed E-state index contributed by atoms with van der Waals surface area (Å²) in [5.74, 6) is -0.699. The summed E-state index contributed by atoms with van der Waals surface area (Å²) >= 11 is 6.06.